The van der Waals surface area contributed by atoms with Crippen LogP contribution in [0.2, 0.25) is 0 Å². The average Bonchev–Trinajstić information content (AvgIpc) is 2.70. The van der Waals surface area contributed by atoms with Crippen molar-refractivity contribution in [2.75, 3.05) is 6.54 Å². The molecule has 0 aliphatic carbocycles. The number of amides is 1. The quantitative estimate of drug-likeness (QED) is 0.833. The van der Waals surface area contributed by atoms with Crippen molar-refractivity contribution < 1.29 is 14.7 Å². The van der Waals surface area contributed by atoms with Gasteiger partial charge in [-0.3, -0.25) is 9.59 Å². The van der Waals surface area contributed by atoms with E-state index in [4.69, 9.17) is 5.11 Å². The van der Waals surface area contributed by atoms with E-state index in [-0.39, 0.29) is 12.5 Å². The molecule has 2 N–H and O–H groups in total. The van der Waals surface area contributed by atoms with Gasteiger partial charge in [-0.05, 0) is 31.4 Å². The third-order valence-electron chi connectivity index (χ3n) is 2.92. The summed E-state index contributed by atoms with van der Waals surface area (Å²) in [7, 11) is 0. The molecule has 0 spiro atoms. The van der Waals surface area contributed by atoms with Gasteiger partial charge in [0.05, 0.1) is 10.8 Å². The highest BCUT2D eigenvalue weighted by Crippen LogP contribution is 2.22. The van der Waals surface area contributed by atoms with Crippen LogP contribution in [0.3, 0.4) is 0 Å². The molecule has 100 valence electrons. The van der Waals surface area contributed by atoms with E-state index >= 15 is 0 Å². The van der Waals surface area contributed by atoms with Crippen molar-refractivity contribution in [3.05, 3.63) is 21.4 Å². The summed E-state index contributed by atoms with van der Waals surface area (Å²) < 4.78 is 0. The van der Waals surface area contributed by atoms with Crippen LogP contribution < -0.4 is 5.32 Å². The van der Waals surface area contributed by atoms with E-state index in [2.05, 4.69) is 12.2 Å². The Labute approximate surface area is 111 Å². The first kappa shape index (κ1) is 14.7. The maximum absolute atomic E-state index is 11.9. The standard InChI is InChI=1S/C13H19NO3S/c1-4-9(13(16)17)7-14-12(15)11-6-8(3)10(5-2)18-11/h6,9H,4-5,7H2,1-3H3,(H,14,15)(H,16,17). The molecular formula is C13H19NO3S. The van der Waals surface area contributed by atoms with Crippen molar-refractivity contribution >= 4 is 23.2 Å². The number of aryl methyl sites for hydroxylation is 2. The Morgan fingerprint density at radius 2 is 2.11 bits per heavy atom. The lowest BCUT2D eigenvalue weighted by Crippen LogP contribution is -2.32. The number of thiophene rings is 1. The van der Waals surface area contributed by atoms with Gasteiger partial charge in [-0.15, -0.1) is 11.3 Å². The van der Waals surface area contributed by atoms with Crippen molar-refractivity contribution in [2.45, 2.75) is 33.6 Å². The molecule has 5 heteroatoms. The molecule has 0 fully saturated rings. The van der Waals surface area contributed by atoms with Crippen LogP contribution in [0, 0.1) is 12.8 Å². The smallest absolute Gasteiger partial charge is 0.308 e. The molecule has 0 aliphatic heterocycles. The van der Waals surface area contributed by atoms with Crippen LogP contribution in [0.25, 0.3) is 0 Å². The molecule has 1 aromatic heterocycles. The van der Waals surface area contributed by atoms with Gasteiger partial charge in [-0.25, -0.2) is 0 Å². The number of carbonyl (C=O) groups is 2. The first-order valence-corrected chi connectivity index (χ1v) is 6.91. The maximum Gasteiger partial charge on any atom is 0.308 e. The molecule has 1 rings (SSSR count). The van der Waals surface area contributed by atoms with Crippen LogP contribution in [0.4, 0.5) is 0 Å². The zero-order valence-electron chi connectivity index (χ0n) is 10.9. The molecular weight excluding hydrogens is 250 g/mol. The summed E-state index contributed by atoms with van der Waals surface area (Å²) in [5, 5.41) is 11.6. The summed E-state index contributed by atoms with van der Waals surface area (Å²) in [5.41, 5.74) is 1.12. The fraction of sp³-hybridized carbons (Fsp3) is 0.538. The van der Waals surface area contributed by atoms with E-state index in [1.54, 1.807) is 6.92 Å². The molecule has 0 aromatic carbocycles. The van der Waals surface area contributed by atoms with Crippen LogP contribution in [-0.2, 0) is 11.2 Å². The van der Waals surface area contributed by atoms with Crippen molar-refractivity contribution in [1.29, 1.82) is 0 Å². The van der Waals surface area contributed by atoms with E-state index in [9.17, 15) is 9.59 Å². The minimum absolute atomic E-state index is 0.178. The zero-order chi connectivity index (χ0) is 13.7. The zero-order valence-corrected chi connectivity index (χ0v) is 11.8. The van der Waals surface area contributed by atoms with E-state index < -0.39 is 11.9 Å². The third kappa shape index (κ3) is 3.57. The fourth-order valence-corrected chi connectivity index (χ4v) is 2.72. The van der Waals surface area contributed by atoms with Crippen molar-refractivity contribution in [3.8, 4) is 0 Å². The lowest BCUT2D eigenvalue weighted by molar-refractivity contribution is -0.141. The van der Waals surface area contributed by atoms with Gasteiger partial charge >= 0.3 is 5.97 Å². The Balaban J connectivity index is 2.62. The van der Waals surface area contributed by atoms with E-state index in [0.717, 1.165) is 12.0 Å². The minimum Gasteiger partial charge on any atom is -0.481 e. The SMILES string of the molecule is CCc1sc(C(=O)NCC(CC)C(=O)O)cc1C. The number of rotatable bonds is 6. The Morgan fingerprint density at radius 1 is 1.44 bits per heavy atom. The first-order valence-electron chi connectivity index (χ1n) is 6.09. The highest BCUT2D eigenvalue weighted by atomic mass is 32.1. The van der Waals surface area contributed by atoms with Crippen molar-refractivity contribution in [2.24, 2.45) is 5.92 Å². The Morgan fingerprint density at radius 3 is 2.56 bits per heavy atom. The molecule has 1 amide bonds. The summed E-state index contributed by atoms with van der Waals surface area (Å²) in [6.45, 7) is 6.02. The summed E-state index contributed by atoms with van der Waals surface area (Å²) in [6.07, 6.45) is 1.43. The van der Waals surface area contributed by atoms with Crippen LogP contribution in [-0.4, -0.2) is 23.5 Å². The summed E-state index contributed by atoms with van der Waals surface area (Å²) in [6, 6.07) is 1.86. The molecule has 1 unspecified atom stereocenters. The molecule has 0 bridgehead atoms. The maximum atomic E-state index is 11.9. The number of aliphatic carboxylic acids is 1. The second-order valence-corrected chi connectivity index (χ2v) is 5.36. The monoisotopic (exact) mass is 269 g/mol. The van der Waals surface area contributed by atoms with Crippen molar-refractivity contribution in [3.63, 3.8) is 0 Å². The molecule has 0 saturated carbocycles. The molecule has 1 atom stereocenters. The number of hydrogen-bond donors (Lipinski definition) is 2. The van der Waals surface area contributed by atoms with Crippen LogP contribution in [0.15, 0.2) is 6.07 Å². The number of nitrogens with one attached hydrogen (secondary N) is 1. The van der Waals surface area contributed by atoms with Crippen LogP contribution in [0.1, 0.15) is 40.4 Å². The second kappa shape index (κ2) is 6.54. The van der Waals surface area contributed by atoms with Crippen LogP contribution >= 0.6 is 11.3 Å². The lowest BCUT2D eigenvalue weighted by atomic mass is 10.1. The average molecular weight is 269 g/mol. The molecule has 0 saturated heterocycles. The number of hydrogen-bond acceptors (Lipinski definition) is 3. The minimum atomic E-state index is -0.866. The van der Waals surface area contributed by atoms with E-state index in [1.165, 1.54) is 16.2 Å². The van der Waals surface area contributed by atoms with Gasteiger partial charge in [0.25, 0.3) is 5.91 Å². The molecule has 0 radical (unpaired) electrons. The largest absolute Gasteiger partial charge is 0.481 e. The van der Waals surface area contributed by atoms with Gasteiger partial charge in [0, 0.05) is 11.4 Å². The third-order valence-corrected chi connectivity index (χ3v) is 4.30. The predicted molar refractivity (Wildman–Crippen MR) is 72.2 cm³/mol. The number of carboxylic acids is 1. The summed E-state index contributed by atoms with van der Waals surface area (Å²) >= 11 is 1.48. The normalized spacial score (nSPS) is 12.2. The summed E-state index contributed by atoms with van der Waals surface area (Å²) in [4.78, 5) is 24.6. The predicted octanol–water partition coefficient (Wildman–Crippen LogP) is 2.46. The highest BCUT2D eigenvalue weighted by Gasteiger charge is 2.17. The highest BCUT2D eigenvalue weighted by molar-refractivity contribution is 7.14. The molecule has 1 heterocycles. The molecule has 4 nitrogen and oxygen atoms in total. The Kier molecular flexibility index (Phi) is 5.34. The van der Waals surface area contributed by atoms with Gasteiger partial charge in [0.15, 0.2) is 0 Å². The fourth-order valence-electron chi connectivity index (χ4n) is 1.69. The van der Waals surface area contributed by atoms with Gasteiger partial charge in [0.1, 0.15) is 0 Å². The van der Waals surface area contributed by atoms with Crippen molar-refractivity contribution in [1.82, 2.24) is 5.32 Å². The van der Waals surface area contributed by atoms with Gasteiger partial charge in [-0.2, -0.15) is 0 Å². The van der Waals surface area contributed by atoms with Gasteiger partial charge in [0.2, 0.25) is 0 Å². The lowest BCUT2D eigenvalue weighted by Gasteiger charge is -2.10. The van der Waals surface area contributed by atoms with Gasteiger partial charge < -0.3 is 10.4 Å². The molecule has 18 heavy (non-hydrogen) atoms. The number of carboxylic acid groups (broad SMARTS) is 1. The number of carbonyl (C=O) groups excluding carboxylic acids is 1. The first-order chi connectivity index (χ1) is 8.49. The topological polar surface area (TPSA) is 66.4 Å². The van der Waals surface area contributed by atoms with Gasteiger partial charge in [-0.1, -0.05) is 13.8 Å². The Bertz CT molecular complexity index is 439. The van der Waals surface area contributed by atoms with E-state index in [1.807, 2.05) is 13.0 Å². The van der Waals surface area contributed by atoms with Crippen LogP contribution in [0.5, 0.6) is 0 Å². The summed E-state index contributed by atoms with van der Waals surface area (Å²) in [5.74, 6) is -1.56. The van der Waals surface area contributed by atoms with E-state index in [0.29, 0.717) is 11.3 Å². The molecule has 1 aromatic rings. The Hall–Kier alpha value is -1.36. The second-order valence-electron chi connectivity index (χ2n) is 4.22. The molecule has 0 aliphatic rings.